The molecule has 2 nitrogen and oxygen atoms in total. The minimum absolute atomic E-state index is 0.0322. The molecule has 0 saturated carbocycles. The van der Waals surface area contributed by atoms with Crippen LogP contribution in [-0.4, -0.2) is 19.3 Å². The second-order valence-corrected chi connectivity index (χ2v) is 5.49. The first-order valence-corrected chi connectivity index (χ1v) is 6.97. The van der Waals surface area contributed by atoms with E-state index in [4.69, 9.17) is 4.74 Å². The van der Waals surface area contributed by atoms with Crippen molar-refractivity contribution in [2.24, 2.45) is 0 Å². The van der Waals surface area contributed by atoms with Gasteiger partial charge in [0.2, 0.25) is 0 Å². The number of rotatable bonds is 2. The van der Waals surface area contributed by atoms with E-state index in [1.54, 1.807) is 6.07 Å². The Kier molecular flexibility index (Phi) is 4.73. The molecule has 0 radical (unpaired) electrons. The predicted octanol–water partition coefficient (Wildman–Crippen LogP) is 4.45. The lowest BCUT2D eigenvalue weighted by molar-refractivity contribution is -0.137. The summed E-state index contributed by atoms with van der Waals surface area (Å²) in [7, 11) is 0. The maximum atomic E-state index is 13.0. The van der Waals surface area contributed by atoms with Gasteiger partial charge in [-0.1, -0.05) is 15.9 Å². The molecule has 1 aromatic rings. The van der Waals surface area contributed by atoms with E-state index < -0.39 is 11.7 Å². The topological polar surface area (TPSA) is 21.3 Å². The minimum atomic E-state index is -4.35. The number of ether oxygens (including phenoxy) is 1. The molecule has 0 aliphatic carbocycles. The largest absolute Gasteiger partial charge is 0.418 e. The first kappa shape index (κ1) is 14.7. The van der Waals surface area contributed by atoms with Gasteiger partial charge in [0.25, 0.3) is 0 Å². The van der Waals surface area contributed by atoms with E-state index in [2.05, 4.69) is 21.2 Å². The third-order valence-electron chi connectivity index (χ3n) is 3.10. The molecular formula is C13H15BrF3NO. The first-order chi connectivity index (χ1) is 8.97. The lowest BCUT2D eigenvalue weighted by atomic mass is 10.1. The van der Waals surface area contributed by atoms with Crippen LogP contribution < -0.4 is 5.32 Å². The lowest BCUT2D eigenvalue weighted by Crippen LogP contribution is -2.22. The number of hydrogen-bond acceptors (Lipinski definition) is 2. The van der Waals surface area contributed by atoms with Gasteiger partial charge in [0, 0.05) is 29.4 Å². The first-order valence-electron chi connectivity index (χ1n) is 6.18. The fourth-order valence-electron chi connectivity index (χ4n) is 2.14. The minimum Gasteiger partial charge on any atom is -0.382 e. The second kappa shape index (κ2) is 6.13. The van der Waals surface area contributed by atoms with Crippen molar-refractivity contribution >= 4 is 21.6 Å². The molecule has 106 valence electrons. The number of anilines is 1. The van der Waals surface area contributed by atoms with Gasteiger partial charge in [-0.3, -0.25) is 0 Å². The van der Waals surface area contributed by atoms with Crippen LogP contribution >= 0.6 is 15.9 Å². The van der Waals surface area contributed by atoms with E-state index in [0.717, 1.165) is 25.3 Å². The van der Waals surface area contributed by atoms with Crippen LogP contribution in [-0.2, 0) is 10.9 Å². The summed E-state index contributed by atoms with van der Waals surface area (Å²) in [6.07, 6.45) is -1.93. The van der Waals surface area contributed by atoms with Gasteiger partial charge in [0.15, 0.2) is 0 Å². The van der Waals surface area contributed by atoms with Crippen LogP contribution in [0.25, 0.3) is 0 Å². The van der Waals surface area contributed by atoms with E-state index in [1.807, 2.05) is 0 Å². The fourth-order valence-corrected chi connectivity index (χ4v) is 2.51. The molecule has 1 aromatic carbocycles. The Morgan fingerprint density at radius 1 is 1.21 bits per heavy atom. The molecule has 1 N–H and O–H groups in total. The summed E-state index contributed by atoms with van der Waals surface area (Å²) in [6.45, 7) is 1.28. The second-order valence-electron chi connectivity index (χ2n) is 4.57. The highest BCUT2D eigenvalue weighted by Gasteiger charge is 2.34. The maximum Gasteiger partial charge on any atom is 0.418 e. The molecule has 1 aliphatic rings. The molecule has 19 heavy (non-hydrogen) atoms. The van der Waals surface area contributed by atoms with E-state index in [-0.39, 0.29) is 11.7 Å². The Bertz CT molecular complexity index is 428. The maximum absolute atomic E-state index is 13.0. The van der Waals surface area contributed by atoms with E-state index in [0.29, 0.717) is 17.7 Å². The normalized spacial score (nSPS) is 20.9. The molecule has 1 atom stereocenters. The van der Waals surface area contributed by atoms with Crippen molar-refractivity contribution in [3.05, 3.63) is 28.2 Å². The van der Waals surface area contributed by atoms with Gasteiger partial charge in [0.1, 0.15) is 0 Å². The number of halogens is 4. The highest BCUT2D eigenvalue weighted by molar-refractivity contribution is 9.10. The summed E-state index contributed by atoms with van der Waals surface area (Å²) in [5, 5.41) is 3.00. The molecule has 0 amide bonds. The molecule has 1 aliphatic heterocycles. The molecule has 6 heteroatoms. The lowest BCUT2D eigenvalue weighted by Gasteiger charge is -2.21. The molecule has 1 saturated heterocycles. The molecule has 0 aromatic heterocycles. The standard InChI is InChI=1S/C13H15BrF3NO/c14-9-3-4-12(11(8-9)13(15,16)17)18-10-2-1-6-19-7-5-10/h3-4,8,10,18H,1-2,5-7H2. The fraction of sp³-hybridized carbons (Fsp3) is 0.538. The molecule has 1 heterocycles. The van der Waals surface area contributed by atoms with Crippen LogP contribution in [0.4, 0.5) is 18.9 Å². The van der Waals surface area contributed by atoms with Crippen LogP contribution in [0.3, 0.4) is 0 Å². The van der Waals surface area contributed by atoms with Gasteiger partial charge >= 0.3 is 6.18 Å². The third-order valence-corrected chi connectivity index (χ3v) is 3.59. The third kappa shape index (κ3) is 4.11. The number of benzene rings is 1. The number of alkyl halides is 3. The quantitative estimate of drug-likeness (QED) is 0.860. The van der Waals surface area contributed by atoms with Crippen molar-refractivity contribution in [3.63, 3.8) is 0 Å². The number of hydrogen-bond donors (Lipinski definition) is 1. The average Bonchev–Trinajstić information content (AvgIpc) is 2.59. The van der Waals surface area contributed by atoms with Crippen molar-refractivity contribution in [1.82, 2.24) is 0 Å². The predicted molar refractivity (Wildman–Crippen MR) is 71.2 cm³/mol. The molecule has 0 bridgehead atoms. The zero-order valence-electron chi connectivity index (χ0n) is 10.3. The van der Waals surface area contributed by atoms with Crippen LogP contribution in [0, 0.1) is 0 Å². The van der Waals surface area contributed by atoms with Crippen molar-refractivity contribution < 1.29 is 17.9 Å². The Hall–Kier alpha value is -0.750. The van der Waals surface area contributed by atoms with Crippen molar-refractivity contribution in [3.8, 4) is 0 Å². The van der Waals surface area contributed by atoms with Gasteiger partial charge in [0.05, 0.1) is 5.56 Å². The molecule has 0 spiro atoms. The highest BCUT2D eigenvalue weighted by atomic mass is 79.9. The SMILES string of the molecule is FC(F)(F)c1cc(Br)ccc1NC1CCCOCC1. The molecule has 2 rings (SSSR count). The van der Waals surface area contributed by atoms with E-state index in [1.165, 1.54) is 6.07 Å². The van der Waals surface area contributed by atoms with Crippen molar-refractivity contribution in [2.45, 2.75) is 31.5 Å². The summed E-state index contributed by atoms with van der Waals surface area (Å²) in [5.41, 5.74) is -0.491. The van der Waals surface area contributed by atoms with E-state index in [9.17, 15) is 13.2 Å². The zero-order valence-corrected chi connectivity index (χ0v) is 11.9. The number of nitrogens with one attached hydrogen (secondary N) is 1. The van der Waals surface area contributed by atoms with Crippen LogP contribution in [0.5, 0.6) is 0 Å². The Morgan fingerprint density at radius 3 is 2.74 bits per heavy atom. The van der Waals surface area contributed by atoms with Gasteiger partial charge in [-0.2, -0.15) is 13.2 Å². The van der Waals surface area contributed by atoms with Crippen LogP contribution in [0.15, 0.2) is 22.7 Å². The zero-order chi connectivity index (χ0) is 13.9. The molecule has 1 fully saturated rings. The Morgan fingerprint density at radius 2 is 2.00 bits per heavy atom. The van der Waals surface area contributed by atoms with Crippen LogP contribution in [0.1, 0.15) is 24.8 Å². The monoisotopic (exact) mass is 337 g/mol. The van der Waals surface area contributed by atoms with E-state index >= 15 is 0 Å². The molecule has 1 unspecified atom stereocenters. The van der Waals surface area contributed by atoms with Gasteiger partial charge < -0.3 is 10.1 Å². The summed E-state index contributed by atoms with van der Waals surface area (Å²) < 4.78 is 44.7. The summed E-state index contributed by atoms with van der Waals surface area (Å²) >= 11 is 3.08. The Labute approximate surface area is 118 Å². The van der Waals surface area contributed by atoms with Gasteiger partial charge in [-0.05, 0) is 37.5 Å². The van der Waals surface area contributed by atoms with Crippen molar-refractivity contribution in [2.75, 3.05) is 18.5 Å². The van der Waals surface area contributed by atoms with Gasteiger partial charge in [-0.15, -0.1) is 0 Å². The smallest absolute Gasteiger partial charge is 0.382 e. The summed E-state index contributed by atoms with van der Waals surface area (Å²) in [6, 6.07) is 4.23. The molecular weight excluding hydrogens is 323 g/mol. The summed E-state index contributed by atoms with van der Waals surface area (Å²) in [5.74, 6) is 0. The highest BCUT2D eigenvalue weighted by Crippen LogP contribution is 2.37. The van der Waals surface area contributed by atoms with Crippen LogP contribution in [0.2, 0.25) is 0 Å². The van der Waals surface area contributed by atoms with Gasteiger partial charge in [-0.25, -0.2) is 0 Å². The average molecular weight is 338 g/mol. The Balaban J connectivity index is 2.19. The van der Waals surface area contributed by atoms with Crippen molar-refractivity contribution in [1.29, 1.82) is 0 Å². The summed E-state index contributed by atoms with van der Waals surface area (Å²) in [4.78, 5) is 0.